The van der Waals surface area contributed by atoms with E-state index in [0.29, 0.717) is 13.2 Å². The van der Waals surface area contributed by atoms with Gasteiger partial charge in [-0.3, -0.25) is 0 Å². The summed E-state index contributed by atoms with van der Waals surface area (Å²) in [6.07, 6.45) is 0.967. The number of hydrogen-bond donors (Lipinski definition) is 0. The third-order valence-corrected chi connectivity index (χ3v) is 0.976. The second-order valence-corrected chi connectivity index (χ2v) is 2.20. The molecule has 0 aliphatic rings. The van der Waals surface area contributed by atoms with Crippen molar-refractivity contribution in [3.8, 4) is 6.07 Å². The third kappa shape index (κ3) is 5.61. The van der Waals surface area contributed by atoms with Crippen LogP contribution in [0, 0.1) is 11.3 Å². The molecule has 0 aliphatic heterocycles. The predicted molar refractivity (Wildman–Crippen MR) is 36.4 cm³/mol. The van der Waals surface area contributed by atoms with Gasteiger partial charge in [0.05, 0.1) is 12.7 Å². The third-order valence-electron chi connectivity index (χ3n) is 0.753. The smallest absolute Gasteiger partial charge is 0.143 e. The van der Waals surface area contributed by atoms with Crippen LogP contribution in [0.3, 0.4) is 0 Å². The summed E-state index contributed by atoms with van der Waals surface area (Å²) in [6.45, 7) is 3.03. The first-order chi connectivity index (χ1) is 4.31. The van der Waals surface area contributed by atoms with Crippen LogP contribution >= 0.6 is 11.6 Å². The number of nitrogens with zero attached hydrogens (tertiary/aromatic N) is 1. The van der Waals surface area contributed by atoms with Gasteiger partial charge in [-0.05, 0) is 6.42 Å². The Kier molecular flexibility index (Phi) is 5.70. The minimum absolute atomic E-state index is 0.339. The van der Waals surface area contributed by atoms with Gasteiger partial charge >= 0.3 is 0 Å². The lowest BCUT2D eigenvalue weighted by Crippen LogP contribution is -2.06. The van der Waals surface area contributed by atoms with E-state index >= 15 is 0 Å². The molecular weight excluding hydrogens is 138 g/mol. The van der Waals surface area contributed by atoms with Crippen molar-refractivity contribution in [3.63, 3.8) is 0 Å². The molecule has 9 heavy (non-hydrogen) atoms. The molecule has 2 nitrogen and oxygen atoms in total. The number of alkyl halides is 1. The second kappa shape index (κ2) is 5.87. The highest BCUT2D eigenvalue weighted by Gasteiger charge is 1.99. The Balaban J connectivity index is 2.99. The van der Waals surface area contributed by atoms with E-state index in [1.807, 2.05) is 13.0 Å². The molecule has 0 amide bonds. The van der Waals surface area contributed by atoms with E-state index in [0.717, 1.165) is 6.42 Å². The number of rotatable bonds is 4. The molecule has 3 heteroatoms. The van der Waals surface area contributed by atoms with Crippen molar-refractivity contribution >= 4 is 11.6 Å². The molecule has 1 unspecified atom stereocenters. The van der Waals surface area contributed by atoms with E-state index in [2.05, 4.69) is 0 Å². The van der Waals surface area contributed by atoms with Crippen LogP contribution in [-0.2, 0) is 4.74 Å². The number of nitriles is 1. The lowest BCUT2D eigenvalue weighted by molar-refractivity contribution is 0.142. The molecule has 0 saturated heterocycles. The van der Waals surface area contributed by atoms with Crippen LogP contribution < -0.4 is 0 Å². The van der Waals surface area contributed by atoms with Gasteiger partial charge in [-0.2, -0.15) is 5.26 Å². The Bertz CT molecular complexity index is 99.7. The van der Waals surface area contributed by atoms with Crippen molar-refractivity contribution in [2.45, 2.75) is 18.7 Å². The fraction of sp³-hybridized carbons (Fsp3) is 0.833. The van der Waals surface area contributed by atoms with Crippen LogP contribution in [0.25, 0.3) is 0 Å². The van der Waals surface area contributed by atoms with Crippen LogP contribution in [0.15, 0.2) is 0 Å². The summed E-state index contributed by atoms with van der Waals surface area (Å²) in [4.78, 5) is 0. The molecule has 0 rings (SSSR count). The maximum atomic E-state index is 8.17. The Morgan fingerprint density at radius 2 is 2.44 bits per heavy atom. The summed E-state index contributed by atoms with van der Waals surface area (Å²) in [6, 6.07) is 1.86. The number of ether oxygens (including phenoxy) is 1. The molecule has 1 atom stereocenters. The van der Waals surface area contributed by atoms with Crippen LogP contribution in [0.2, 0.25) is 0 Å². The predicted octanol–water partition coefficient (Wildman–Crippen LogP) is 1.54. The highest BCUT2D eigenvalue weighted by molar-refractivity contribution is 6.22. The fourth-order valence-corrected chi connectivity index (χ4v) is 0.457. The SMILES string of the molecule is CCCOCC(Cl)C#N. The zero-order valence-electron chi connectivity index (χ0n) is 5.43. The van der Waals surface area contributed by atoms with Gasteiger partial charge in [0.2, 0.25) is 0 Å². The largest absolute Gasteiger partial charge is 0.379 e. The van der Waals surface area contributed by atoms with Gasteiger partial charge in [0.25, 0.3) is 0 Å². The van der Waals surface area contributed by atoms with Crippen LogP contribution in [0.5, 0.6) is 0 Å². The van der Waals surface area contributed by atoms with Crippen molar-refractivity contribution in [1.29, 1.82) is 5.26 Å². The van der Waals surface area contributed by atoms with Gasteiger partial charge in [0.15, 0.2) is 0 Å². The molecule has 0 spiro atoms. The van der Waals surface area contributed by atoms with E-state index < -0.39 is 5.38 Å². The van der Waals surface area contributed by atoms with Crippen LogP contribution in [0.1, 0.15) is 13.3 Å². The lowest BCUT2D eigenvalue weighted by Gasteiger charge is -1.99. The molecule has 0 bridgehead atoms. The molecule has 0 radical (unpaired) electrons. The van der Waals surface area contributed by atoms with Gasteiger partial charge in [0, 0.05) is 6.61 Å². The molecule has 0 aromatic rings. The summed E-state index contributed by atoms with van der Waals surface area (Å²) >= 11 is 5.41. The highest BCUT2D eigenvalue weighted by Crippen LogP contribution is 1.93. The molecule has 0 aliphatic carbocycles. The summed E-state index contributed by atoms with van der Waals surface area (Å²) in [7, 11) is 0. The zero-order chi connectivity index (χ0) is 7.11. The minimum Gasteiger partial charge on any atom is -0.379 e. The molecule has 0 aromatic carbocycles. The first-order valence-electron chi connectivity index (χ1n) is 2.92. The fourth-order valence-electron chi connectivity index (χ4n) is 0.368. The van der Waals surface area contributed by atoms with Gasteiger partial charge in [-0.1, -0.05) is 6.92 Å². The van der Waals surface area contributed by atoms with E-state index in [1.54, 1.807) is 0 Å². The number of halogens is 1. The molecular formula is C6H10ClNO. The standard InChI is InChI=1S/C6H10ClNO/c1-2-3-9-5-6(7)4-8/h6H,2-3,5H2,1H3. The summed E-state index contributed by atoms with van der Waals surface area (Å²) in [5, 5.41) is 7.68. The van der Waals surface area contributed by atoms with Crippen molar-refractivity contribution in [2.75, 3.05) is 13.2 Å². The average molecular weight is 148 g/mol. The van der Waals surface area contributed by atoms with Crippen LogP contribution in [-0.4, -0.2) is 18.6 Å². The molecule has 0 heterocycles. The molecule has 0 saturated carbocycles. The second-order valence-electron chi connectivity index (χ2n) is 1.67. The van der Waals surface area contributed by atoms with Gasteiger partial charge in [-0.25, -0.2) is 0 Å². The zero-order valence-corrected chi connectivity index (χ0v) is 6.19. The van der Waals surface area contributed by atoms with Gasteiger partial charge in [-0.15, -0.1) is 11.6 Å². The Hall–Kier alpha value is -0.260. The number of hydrogen-bond acceptors (Lipinski definition) is 2. The maximum absolute atomic E-state index is 8.17. The molecule has 52 valence electrons. The summed E-state index contributed by atoms with van der Waals surface area (Å²) in [5.74, 6) is 0. The quantitative estimate of drug-likeness (QED) is 0.447. The monoisotopic (exact) mass is 147 g/mol. The summed E-state index contributed by atoms with van der Waals surface area (Å²) < 4.78 is 4.98. The Morgan fingerprint density at radius 1 is 1.78 bits per heavy atom. The summed E-state index contributed by atoms with van der Waals surface area (Å²) in [5.41, 5.74) is 0. The average Bonchev–Trinajstić information content (AvgIpc) is 1.89. The van der Waals surface area contributed by atoms with Gasteiger partial charge < -0.3 is 4.74 Å². The van der Waals surface area contributed by atoms with Crippen molar-refractivity contribution in [2.24, 2.45) is 0 Å². The topological polar surface area (TPSA) is 33.0 Å². The molecule has 0 aromatic heterocycles. The molecule has 0 fully saturated rings. The maximum Gasteiger partial charge on any atom is 0.143 e. The van der Waals surface area contributed by atoms with E-state index in [4.69, 9.17) is 21.6 Å². The first kappa shape index (κ1) is 8.74. The van der Waals surface area contributed by atoms with E-state index in [1.165, 1.54) is 0 Å². The van der Waals surface area contributed by atoms with Crippen molar-refractivity contribution in [3.05, 3.63) is 0 Å². The Labute approximate surface area is 60.4 Å². The lowest BCUT2D eigenvalue weighted by atomic mass is 10.5. The Morgan fingerprint density at radius 3 is 2.89 bits per heavy atom. The van der Waals surface area contributed by atoms with E-state index in [9.17, 15) is 0 Å². The first-order valence-corrected chi connectivity index (χ1v) is 3.36. The minimum atomic E-state index is -0.489. The van der Waals surface area contributed by atoms with Crippen molar-refractivity contribution < 1.29 is 4.74 Å². The highest BCUT2D eigenvalue weighted by atomic mass is 35.5. The van der Waals surface area contributed by atoms with Crippen LogP contribution in [0.4, 0.5) is 0 Å². The van der Waals surface area contributed by atoms with Gasteiger partial charge in [0.1, 0.15) is 5.38 Å². The van der Waals surface area contributed by atoms with Crippen molar-refractivity contribution in [1.82, 2.24) is 0 Å². The normalized spacial score (nSPS) is 12.6. The molecule has 0 N–H and O–H groups in total. The van der Waals surface area contributed by atoms with E-state index in [-0.39, 0.29) is 0 Å².